The normalized spacial score (nSPS) is 11.2. The summed E-state index contributed by atoms with van der Waals surface area (Å²) in [5, 5.41) is 6.51. The van der Waals surface area contributed by atoms with Crippen molar-refractivity contribution < 1.29 is 9.13 Å². The lowest BCUT2D eigenvalue weighted by Gasteiger charge is -2.12. The Morgan fingerprint density at radius 3 is 2.42 bits per heavy atom. The minimum absolute atomic E-state index is 0.180. The van der Waals surface area contributed by atoms with Gasteiger partial charge in [0.05, 0.1) is 7.11 Å². The van der Waals surface area contributed by atoms with Crippen molar-refractivity contribution in [1.82, 2.24) is 10.6 Å². The second-order valence-electron chi connectivity index (χ2n) is 5.53. The van der Waals surface area contributed by atoms with Gasteiger partial charge in [-0.1, -0.05) is 24.3 Å². The first-order valence-electron chi connectivity index (χ1n) is 7.95. The fourth-order valence-corrected chi connectivity index (χ4v) is 2.34. The summed E-state index contributed by atoms with van der Waals surface area (Å²) < 4.78 is 18.4. The van der Waals surface area contributed by atoms with Gasteiger partial charge in [0.1, 0.15) is 11.6 Å². The largest absolute Gasteiger partial charge is 0.497 e. The van der Waals surface area contributed by atoms with Gasteiger partial charge in [-0.25, -0.2) is 4.39 Å². The van der Waals surface area contributed by atoms with E-state index in [0.29, 0.717) is 12.1 Å². The van der Waals surface area contributed by atoms with Gasteiger partial charge in [0.2, 0.25) is 0 Å². The standard InChI is InChI=1S/C19H24FN3O/c1-14-12-16(6-9-18(14)20)13-23-19(21-2)22-11-10-15-4-7-17(24-3)8-5-15/h4-9,12H,10-11,13H2,1-3H3,(H2,21,22,23). The van der Waals surface area contributed by atoms with Gasteiger partial charge in [-0.2, -0.15) is 0 Å². The molecule has 0 aromatic heterocycles. The Hall–Kier alpha value is -2.56. The van der Waals surface area contributed by atoms with Crippen molar-refractivity contribution in [3.8, 4) is 5.75 Å². The van der Waals surface area contributed by atoms with Crippen LogP contribution in [0, 0.1) is 12.7 Å². The molecule has 2 rings (SSSR count). The number of benzene rings is 2. The Bertz CT molecular complexity index is 684. The molecule has 0 radical (unpaired) electrons. The molecule has 0 saturated heterocycles. The smallest absolute Gasteiger partial charge is 0.191 e. The minimum atomic E-state index is -0.180. The zero-order valence-electron chi connectivity index (χ0n) is 14.4. The van der Waals surface area contributed by atoms with E-state index in [1.54, 1.807) is 27.1 Å². The molecule has 5 heteroatoms. The third-order valence-electron chi connectivity index (χ3n) is 3.77. The Balaban J connectivity index is 1.78. The van der Waals surface area contributed by atoms with Gasteiger partial charge in [0.25, 0.3) is 0 Å². The van der Waals surface area contributed by atoms with E-state index >= 15 is 0 Å². The van der Waals surface area contributed by atoms with Crippen molar-refractivity contribution >= 4 is 5.96 Å². The third-order valence-corrected chi connectivity index (χ3v) is 3.77. The van der Waals surface area contributed by atoms with Crippen LogP contribution in [0.4, 0.5) is 4.39 Å². The molecule has 2 N–H and O–H groups in total. The lowest BCUT2D eigenvalue weighted by atomic mass is 10.1. The topological polar surface area (TPSA) is 45.7 Å². The van der Waals surface area contributed by atoms with Gasteiger partial charge in [-0.05, 0) is 48.2 Å². The van der Waals surface area contributed by atoms with E-state index in [-0.39, 0.29) is 5.82 Å². The predicted octanol–water partition coefficient (Wildman–Crippen LogP) is 3.05. The summed E-state index contributed by atoms with van der Waals surface area (Å²) in [6, 6.07) is 13.1. The molecule has 2 aromatic rings. The van der Waals surface area contributed by atoms with Crippen LogP contribution in [0.15, 0.2) is 47.5 Å². The van der Waals surface area contributed by atoms with E-state index in [2.05, 4.69) is 27.8 Å². The first-order chi connectivity index (χ1) is 11.6. The van der Waals surface area contributed by atoms with Gasteiger partial charge in [-0.15, -0.1) is 0 Å². The van der Waals surface area contributed by atoms with Crippen LogP contribution in [-0.4, -0.2) is 26.7 Å². The van der Waals surface area contributed by atoms with E-state index in [4.69, 9.17) is 4.74 Å². The highest BCUT2D eigenvalue weighted by Gasteiger charge is 2.02. The van der Waals surface area contributed by atoms with Gasteiger partial charge >= 0.3 is 0 Å². The Morgan fingerprint density at radius 1 is 1.08 bits per heavy atom. The number of nitrogens with zero attached hydrogens (tertiary/aromatic N) is 1. The van der Waals surface area contributed by atoms with Gasteiger partial charge in [-0.3, -0.25) is 4.99 Å². The summed E-state index contributed by atoms with van der Waals surface area (Å²) in [6.45, 7) is 3.14. The number of hydrogen-bond donors (Lipinski definition) is 2. The van der Waals surface area contributed by atoms with E-state index in [9.17, 15) is 4.39 Å². The van der Waals surface area contributed by atoms with Gasteiger partial charge < -0.3 is 15.4 Å². The summed E-state index contributed by atoms with van der Waals surface area (Å²) in [5.74, 6) is 1.41. The van der Waals surface area contributed by atoms with E-state index in [0.717, 1.165) is 30.2 Å². The number of halogens is 1. The summed E-state index contributed by atoms with van der Waals surface area (Å²) in [4.78, 5) is 4.20. The van der Waals surface area contributed by atoms with Crippen molar-refractivity contribution in [3.63, 3.8) is 0 Å². The molecule has 0 aliphatic carbocycles. The van der Waals surface area contributed by atoms with Crippen LogP contribution < -0.4 is 15.4 Å². The Morgan fingerprint density at radius 2 is 1.79 bits per heavy atom. The number of ether oxygens (including phenoxy) is 1. The fraction of sp³-hybridized carbons (Fsp3) is 0.316. The molecule has 0 heterocycles. The molecule has 0 unspecified atom stereocenters. The monoisotopic (exact) mass is 329 g/mol. The SMILES string of the molecule is CN=C(NCCc1ccc(OC)cc1)NCc1ccc(F)c(C)c1. The molecule has 0 aliphatic rings. The lowest BCUT2D eigenvalue weighted by molar-refractivity contribution is 0.414. The molecule has 0 fully saturated rings. The second-order valence-corrected chi connectivity index (χ2v) is 5.53. The summed E-state index contributed by atoms with van der Waals surface area (Å²) in [7, 11) is 3.40. The molecule has 24 heavy (non-hydrogen) atoms. The summed E-state index contributed by atoms with van der Waals surface area (Å²) in [6.07, 6.45) is 0.889. The van der Waals surface area contributed by atoms with Crippen molar-refractivity contribution in [2.75, 3.05) is 20.7 Å². The van der Waals surface area contributed by atoms with Crippen molar-refractivity contribution in [3.05, 3.63) is 65.0 Å². The van der Waals surface area contributed by atoms with E-state index < -0.39 is 0 Å². The lowest BCUT2D eigenvalue weighted by Crippen LogP contribution is -2.37. The molecule has 0 saturated carbocycles. The number of aryl methyl sites for hydroxylation is 1. The van der Waals surface area contributed by atoms with Crippen LogP contribution in [-0.2, 0) is 13.0 Å². The Labute approximate surface area is 142 Å². The summed E-state index contributed by atoms with van der Waals surface area (Å²) >= 11 is 0. The predicted molar refractivity (Wildman–Crippen MR) is 96.0 cm³/mol. The van der Waals surface area contributed by atoms with Crippen molar-refractivity contribution in [2.24, 2.45) is 4.99 Å². The molecule has 128 valence electrons. The van der Waals surface area contributed by atoms with Crippen LogP contribution in [0.25, 0.3) is 0 Å². The first-order valence-corrected chi connectivity index (χ1v) is 7.95. The minimum Gasteiger partial charge on any atom is -0.497 e. The van der Waals surface area contributed by atoms with Crippen LogP contribution in [0.1, 0.15) is 16.7 Å². The molecule has 4 nitrogen and oxygen atoms in total. The number of rotatable bonds is 6. The van der Waals surface area contributed by atoms with Crippen LogP contribution in [0.5, 0.6) is 5.75 Å². The van der Waals surface area contributed by atoms with Crippen molar-refractivity contribution in [1.29, 1.82) is 0 Å². The van der Waals surface area contributed by atoms with Crippen LogP contribution >= 0.6 is 0 Å². The zero-order chi connectivity index (χ0) is 17.4. The average Bonchev–Trinajstić information content (AvgIpc) is 2.61. The first kappa shape index (κ1) is 17.8. The number of hydrogen-bond acceptors (Lipinski definition) is 2. The number of methoxy groups -OCH3 is 1. The molecule has 0 aliphatic heterocycles. The molecule has 0 atom stereocenters. The quantitative estimate of drug-likeness (QED) is 0.632. The molecular weight excluding hydrogens is 305 g/mol. The number of guanidine groups is 1. The number of aliphatic imine (C=N–C) groups is 1. The fourth-order valence-electron chi connectivity index (χ4n) is 2.34. The molecule has 0 amide bonds. The number of nitrogens with one attached hydrogen (secondary N) is 2. The second kappa shape index (κ2) is 8.91. The maximum Gasteiger partial charge on any atom is 0.191 e. The van der Waals surface area contributed by atoms with Gasteiger partial charge in [0.15, 0.2) is 5.96 Å². The third kappa shape index (κ3) is 5.26. The van der Waals surface area contributed by atoms with Gasteiger partial charge in [0, 0.05) is 20.1 Å². The maximum absolute atomic E-state index is 13.3. The summed E-state index contributed by atoms with van der Waals surface area (Å²) in [5.41, 5.74) is 2.90. The Kier molecular flexibility index (Phi) is 6.61. The molecular formula is C19H24FN3O. The average molecular weight is 329 g/mol. The van der Waals surface area contributed by atoms with Crippen LogP contribution in [0.2, 0.25) is 0 Å². The van der Waals surface area contributed by atoms with Crippen LogP contribution in [0.3, 0.4) is 0 Å². The molecule has 0 spiro atoms. The highest BCUT2D eigenvalue weighted by Crippen LogP contribution is 2.11. The molecule has 0 bridgehead atoms. The van der Waals surface area contributed by atoms with Crippen molar-refractivity contribution in [2.45, 2.75) is 19.9 Å². The highest BCUT2D eigenvalue weighted by molar-refractivity contribution is 5.79. The van der Waals surface area contributed by atoms with E-state index in [1.165, 1.54) is 11.6 Å². The molecule has 2 aromatic carbocycles. The maximum atomic E-state index is 13.3. The highest BCUT2D eigenvalue weighted by atomic mass is 19.1. The zero-order valence-corrected chi connectivity index (χ0v) is 14.4. The van der Waals surface area contributed by atoms with E-state index in [1.807, 2.05) is 18.2 Å².